The van der Waals surface area contributed by atoms with Gasteiger partial charge in [0.1, 0.15) is 4.88 Å². The second kappa shape index (κ2) is 8.68. The number of rotatable bonds is 4. The molecule has 1 aromatic carbocycles. The number of thiazole rings is 1. The first kappa shape index (κ1) is 22.5. The lowest BCUT2D eigenvalue weighted by Gasteiger charge is -2.25. The van der Waals surface area contributed by atoms with E-state index in [1.807, 2.05) is 6.92 Å². The molecule has 172 valence electrons. The molecule has 10 nitrogen and oxygen atoms in total. The molecule has 1 fully saturated rings. The van der Waals surface area contributed by atoms with Gasteiger partial charge in [-0.05, 0) is 44.0 Å². The lowest BCUT2D eigenvalue weighted by atomic mass is 10.1. The van der Waals surface area contributed by atoms with Crippen molar-refractivity contribution in [1.82, 2.24) is 15.8 Å². The Labute approximate surface area is 190 Å². The number of nitrogens with one attached hydrogen (secondary N) is 2. The largest absolute Gasteiger partial charge is 0.378 e. The number of fused-ring (bicyclic) bond motifs is 1. The zero-order valence-corrected chi connectivity index (χ0v) is 19.7. The van der Waals surface area contributed by atoms with Gasteiger partial charge in [0.15, 0.2) is 5.13 Å². The summed E-state index contributed by atoms with van der Waals surface area (Å²) in [6.07, 6.45) is 1.68. The normalized spacial score (nSPS) is 18.4. The number of ether oxygens (including phenoxy) is 1. The van der Waals surface area contributed by atoms with Crippen molar-refractivity contribution in [2.75, 3.05) is 41.8 Å². The van der Waals surface area contributed by atoms with Crippen LogP contribution >= 0.6 is 11.3 Å². The number of hydrogen-bond acceptors (Lipinski definition) is 8. The standard InChI is InChI=1S/C20H25N5O5S2/c1-12-10-15-11-14(4-5-16(15)25(12)32(3,28)29)18(26)22-23-19(27)17-13(2)21-20(31-17)24-6-8-30-9-7-24/h4-5,11-12H,6-10H2,1-3H3,(H,22,26)(H,23,27). The first-order valence-electron chi connectivity index (χ1n) is 10.2. The minimum absolute atomic E-state index is 0.215. The van der Waals surface area contributed by atoms with Crippen LogP contribution in [0.15, 0.2) is 18.2 Å². The lowest BCUT2D eigenvalue weighted by molar-refractivity contribution is 0.0848. The number of anilines is 2. The van der Waals surface area contributed by atoms with Crippen molar-refractivity contribution < 1.29 is 22.7 Å². The second-order valence-electron chi connectivity index (χ2n) is 7.87. The fourth-order valence-corrected chi connectivity index (χ4v) is 6.25. The van der Waals surface area contributed by atoms with Gasteiger partial charge < -0.3 is 9.64 Å². The lowest BCUT2D eigenvalue weighted by Crippen LogP contribution is -2.41. The molecule has 1 saturated heterocycles. The van der Waals surface area contributed by atoms with Crippen molar-refractivity contribution in [1.29, 1.82) is 0 Å². The molecule has 2 aliphatic rings. The van der Waals surface area contributed by atoms with Crippen LogP contribution in [-0.2, 0) is 21.2 Å². The average molecular weight is 480 g/mol. The number of amides is 2. The maximum absolute atomic E-state index is 12.6. The minimum Gasteiger partial charge on any atom is -0.378 e. The SMILES string of the molecule is Cc1nc(N2CCOCC2)sc1C(=O)NNC(=O)c1ccc2c(c1)CC(C)N2S(C)(=O)=O. The van der Waals surface area contributed by atoms with E-state index in [0.717, 1.165) is 23.8 Å². The van der Waals surface area contributed by atoms with E-state index < -0.39 is 21.8 Å². The van der Waals surface area contributed by atoms with Crippen LogP contribution in [0.4, 0.5) is 10.8 Å². The zero-order chi connectivity index (χ0) is 23.0. The number of hydrogen-bond donors (Lipinski definition) is 2. The number of morpholine rings is 1. The molecule has 0 radical (unpaired) electrons. The first-order chi connectivity index (χ1) is 15.1. The molecule has 1 atom stereocenters. The second-order valence-corrected chi connectivity index (χ2v) is 10.7. The highest BCUT2D eigenvalue weighted by molar-refractivity contribution is 7.92. The van der Waals surface area contributed by atoms with Gasteiger partial charge in [-0.15, -0.1) is 0 Å². The average Bonchev–Trinajstić information content (AvgIpc) is 3.30. The van der Waals surface area contributed by atoms with E-state index in [9.17, 15) is 18.0 Å². The summed E-state index contributed by atoms with van der Waals surface area (Å²) < 4.78 is 30.8. The van der Waals surface area contributed by atoms with Gasteiger partial charge in [0.05, 0.1) is 30.9 Å². The molecule has 2 aromatic rings. The van der Waals surface area contributed by atoms with Crippen LogP contribution in [0.3, 0.4) is 0 Å². The molecule has 0 saturated carbocycles. The number of sulfonamides is 1. The molecule has 0 spiro atoms. The molecule has 3 heterocycles. The maximum Gasteiger partial charge on any atom is 0.281 e. The predicted octanol–water partition coefficient (Wildman–Crippen LogP) is 1.07. The van der Waals surface area contributed by atoms with E-state index >= 15 is 0 Å². The third kappa shape index (κ3) is 4.43. The Morgan fingerprint density at radius 2 is 1.88 bits per heavy atom. The maximum atomic E-state index is 12.6. The van der Waals surface area contributed by atoms with E-state index in [1.54, 1.807) is 25.1 Å². The van der Waals surface area contributed by atoms with Gasteiger partial charge in [-0.2, -0.15) is 0 Å². The Morgan fingerprint density at radius 3 is 2.56 bits per heavy atom. The van der Waals surface area contributed by atoms with Crippen molar-refractivity contribution in [2.24, 2.45) is 0 Å². The third-order valence-electron chi connectivity index (χ3n) is 5.41. The van der Waals surface area contributed by atoms with Crippen molar-refractivity contribution >= 4 is 44.0 Å². The first-order valence-corrected chi connectivity index (χ1v) is 12.8. The highest BCUT2D eigenvalue weighted by Gasteiger charge is 2.33. The fraction of sp³-hybridized carbons (Fsp3) is 0.450. The zero-order valence-electron chi connectivity index (χ0n) is 18.0. The molecule has 12 heteroatoms. The van der Waals surface area contributed by atoms with Crippen LogP contribution in [-0.4, -0.2) is 63.8 Å². The summed E-state index contributed by atoms with van der Waals surface area (Å²) in [5.41, 5.74) is 7.16. The predicted molar refractivity (Wildman–Crippen MR) is 122 cm³/mol. The molecule has 2 N–H and O–H groups in total. The van der Waals surface area contributed by atoms with Crippen molar-refractivity contribution in [2.45, 2.75) is 26.3 Å². The van der Waals surface area contributed by atoms with Crippen LogP contribution in [0.5, 0.6) is 0 Å². The molecule has 4 rings (SSSR count). The van der Waals surface area contributed by atoms with Gasteiger partial charge in [-0.1, -0.05) is 11.3 Å². The number of carbonyl (C=O) groups excluding carboxylic acids is 2. The van der Waals surface area contributed by atoms with Gasteiger partial charge in [-0.25, -0.2) is 13.4 Å². The Morgan fingerprint density at radius 1 is 1.19 bits per heavy atom. The van der Waals surface area contributed by atoms with Gasteiger partial charge in [-0.3, -0.25) is 24.7 Å². The Kier molecular flexibility index (Phi) is 6.10. The van der Waals surface area contributed by atoms with Crippen molar-refractivity contribution in [3.63, 3.8) is 0 Å². The van der Waals surface area contributed by atoms with Crippen molar-refractivity contribution in [3.05, 3.63) is 39.9 Å². The van der Waals surface area contributed by atoms with E-state index in [4.69, 9.17) is 4.74 Å². The van der Waals surface area contributed by atoms with Crippen LogP contribution in [0.25, 0.3) is 0 Å². The fourth-order valence-electron chi connectivity index (χ4n) is 3.97. The van der Waals surface area contributed by atoms with Crippen molar-refractivity contribution in [3.8, 4) is 0 Å². The van der Waals surface area contributed by atoms with Crippen LogP contribution in [0.2, 0.25) is 0 Å². The van der Waals surface area contributed by atoms with Gasteiger partial charge in [0.2, 0.25) is 10.0 Å². The monoisotopic (exact) mass is 479 g/mol. The summed E-state index contributed by atoms with van der Waals surface area (Å²) in [5.74, 6) is -0.923. The summed E-state index contributed by atoms with van der Waals surface area (Å²) in [6, 6.07) is 4.62. The van der Waals surface area contributed by atoms with Crippen LogP contribution < -0.4 is 20.1 Å². The van der Waals surface area contributed by atoms with E-state index in [0.29, 0.717) is 41.5 Å². The number of aryl methyl sites for hydroxylation is 1. The molecule has 1 aromatic heterocycles. The quantitative estimate of drug-likeness (QED) is 0.630. The van der Waals surface area contributed by atoms with Crippen LogP contribution in [0, 0.1) is 6.92 Å². The van der Waals surface area contributed by atoms with E-state index in [1.165, 1.54) is 21.9 Å². The smallest absolute Gasteiger partial charge is 0.281 e. The summed E-state index contributed by atoms with van der Waals surface area (Å²) in [4.78, 5) is 32.2. The summed E-state index contributed by atoms with van der Waals surface area (Å²) in [5, 5.41) is 0.755. The van der Waals surface area contributed by atoms with Gasteiger partial charge >= 0.3 is 0 Å². The molecule has 32 heavy (non-hydrogen) atoms. The Hall–Kier alpha value is -2.70. The number of aromatic nitrogens is 1. The van der Waals surface area contributed by atoms with E-state index in [2.05, 4.69) is 20.7 Å². The summed E-state index contributed by atoms with van der Waals surface area (Å²) in [7, 11) is -3.40. The van der Waals surface area contributed by atoms with E-state index in [-0.39, 0.29) is 6.04 Å². The highest BCUT2D eigenvalue weighted by atomic mass is 32.2. The number of nitrogens with zero attached hydrogens (tertiary/aromatic N) is 3. The van der Waals surface area contributed by atoms with Gasteiger partial charge in [0.25, 0.3) is 11.8 Å². The third-order valence-corrected chi connectivity index (χ3v) is 7.90. The molecular weight excluding hydrogens is 454 g/mol. The molecule has 2 aliphatic heterocycles. The van der Waals surface area contributed by atoms with Crippen LogP contribution in [0.1, 0.15) is 38.2 Å². The van der Waals surface area contributed by atoms with Gasteiger partial charge in [0, 0.05) is 24.7 Å². The molecule has 2 amide bonds. The number of carbonyl (C=O) groups is 2. The Bertz CT molecular complexity index is 1160. The molecule has 1 unspecified atom stereocenters. The topological polar surface area (TPSA) is 121 Å². The summed E-state index contributed by atoms with van der Waals surface area (Å²) >= 11 is 1.27. The molecule has 0 bridgehead atoms. The Balaban J connectivity index is 1.42. The number of hydrazine groups is 1. The minimum atomic E-state index is -3.40. The molecular formula is C20H25N5O5S2. The summed E-state index contributed by atoms with van der Waals surface area (Å²) in [6.45, 7) is 6.27. The molecule has 0 aliphatic carbocycles. The highest BCUT2D eigenvalue weighted by Crippen LogP contribution is 2.34. The number of benzene rings is 1.